The van der Waals surface area contributed by atoms with Gasteiger partial charge >= 0.3 is 0 Å². The summed E-state index contributed by atoms with van der Waals surface area (Å²) in [4.78, 5) is 0. The Balaban J connectivity index is 2.71. The van der Waals surface area contributed by atoms with Crippen LogP contribution >= 0.6 is 0 Å². The zero-order valence-electron chi connectivity index (χ0n) is 9.17. The molecule has 0 heterocycles. The van der Waals surface area contributed by atoms with Crippen LogP contribution in [0.25, 0.3) is 0 Å². The summed E-state index contributed by atoms with van der Waals surface area (Å²) in [6, 6.07) is 6.23. The van der Waals surface area contributed by atoms with E-state index in [2.05, 4.69) is 31.3 Å². The fourth-order valence-electron chi connectivity index (χ4n) is 1.59. The van der Waals surface area contributed by atoms with Crippen LogP contribution in [0.2, 0.25) is 0 Å². The predicted octanol–water partition coefficient (Wildman–Crippen LogP) is 1.43. The lowest BCUT2D eigenvalue weighted by molar-refractivity contribution is 0.174. The lowest BCUT2D eigenvalue weighted by Crippen LogP contribution is -2.25. The van der Waals surface area contributed by atoms with Crippen molar-refractivity contribution >= 4 is 0 Å². The number of aliphatic hydroxyl groups is 1. The minimum Gasteiger partial charge on any atom is -0.391 e. The van der Waals surface area contributed by atoms with Crippen molar-refractivity contribution in [3.8, 4) is 0 Å². The highest BCUT2D eigenvalue weighted by Crippen LogP contribution is 2.14. The van der Waals surface area contributed by atoms with E-state index in [1.807, 2.05) is 13.1 Å². The molecule has 14 heavy (non-hydrogen) atoms. The van der Waals surface area contributed by atoms with Crippen LogP contribution in [0.15, 0.2) is 18.2 Å². The van der Waals surface area contributed by atoms with Crippen LogP contribution in [0, 0.1) is 13.8 Å². The molecule has 0 aliphatic heterocycles. The Morgan fingerprint density at radius 2 is 2.07 bits per heavy atom. The van der Waals surface area contributed by atoms with Crippen molar-refractivity contribution in [3.05, 3.63) is 34.9 Å². The van der Waals surface area contributed by atoms with Gasteiger partial charge in [0.05, 0.1) is 6.10 Å². The minimum absolute atomic E-state index is 0.291. The van der Waals surface area contributed by atoms with E-state index in [4.69, 9.17) is 0 Å². The maximum Gasteiger partial charge on any atom is 0.0704 e. The van der Waals surface area contributed by atoms with Crippen LogP contribution < -0.4 is 5.32 Å². The highest BCUT2D eigenvalue weighted by atomic mass is 16.3. The second-order valence-corrected chi connectivity index (χ2v) is 3.77. The van der Waals surface area contributed by atoms with Crippen molar-refractivity contribution in [1.82, 2.24) is 5.32 Å². The Bertz CT molecular complexity index is 296. The molecule has 0 aliphatic carbocycles. The van der Waals surface area contributed by atoms with Crippen LogP contribution in [0.5, 0.6) is 0 Å². The van der Waals surface area contributed by atoms with Gasteiger partial charge in [-0.3, -0.25) is 0 Å². The number of benzene rings is 1. The summed E-state index contributed by atoms with van der Waals surface area (Å²) in [5, 5.41) is 12.6. The van der Waals surface area contributed by atoms with Gasteiger partial charge in [-0.1, -0.05) is 18.2 Å². The molecule has 1 rings (SSSR count). The number of likely N-dealkylation sites (N-methyl/N-ethyl adjacent to an activating group) is 1. The molecule has 2 N–H and O–H groups in total. The van der Waals surface area contributed by atoms with E-state index in [1.165, 1.54) is 16.7 Å². The van der Waals surface area contributed by atoms with Crippen LogP contribution in [-0.2, 0) is 6.42 Å². The van der Waals surface area contributed by atoms with Gasteiger partial charge in [0.2, 0.25) is 0 Å². The molecule has 2 heteroatoms. The van der Waals surface area contributed by atoms with Crippen LogP contribution in [0.4, 0.5) is 0 Å². The molecule has 1 aromatic carbocycles. The second-order valence-electron chi connectivity index (χ2n) is 3.77. The van der Waals surface area contributed by atoms with Gasteiger partial charge in [0.25, 0.3) is 0 Å². The average molecular weight is 193 g/mol. The lowest BCUT2D eigenvalue weighted by Gasteiger charge is -2.13. The standard InChI is InChI=1S/C12H19NO/c1-9-5-4-6-11(10(9)2)7-12(14)8-13-3/h4-6,12-14H,7-8H2,1-3H3. The van der Waals surface area contributed by atoms with Crippen LogP contribution in [0.1, 0.15) is 16.7 Å². The molecule has 0 saturated heterocycles. The van der Waals surface area contributed by atoms with Gasteiger partial charge < -0.3 is 10.4 Å². The fourth-order valence-corrected chi connectivity index (χ4v) is 1.59. The van der Waals surface area contributed by atoms with E-state index in [-0.39, 0.29) is 6.10 Å². The van der Waals surface area contributed by atoms with Gasteiger partial charge in [0, 0.05) is 6.54 Å². The van der Waals surface area contributed by atoms with Crippen molar-refractivity contribution in [2.45, 2.75) is 26.4 Å². The van der Waals surface area contributed by atoms with Gasteiger partial charge in [-0.25, -0.2) is 0 Å². The molecule has 0 aromatic heterocycles. The average Bonchev–Trinajstić information content (AvgIpc) is 2.13. The summed E-state index contributed by atoms with van der Waals surface area (Å²) < 4.78 is 0. The van der Waals surface area contributed by atoms with Crippen LogP contribution in [0.3, 0.4) is 0 Å². The molecule has 0 saturated carbocycles. The van der Waals surface area contributed by atoms with Gasteiger partial charge in [-0.2, -0.15) is 0 Å². The summed E-state index contributed by atoms with van der Waals surface area (Å²) in [6.07, 6.45) is 0.439. The van der Waals surface area contributed by atoms with Crippen molar-refractivity contribution < 1.29 is 5.11 Å². The molecule has 1 unspecified atom stereocenters. The summed E-state index contributed by atoms with van der Waals surface area (Å²) in [7, 11) is 1.85. The fraction of sp³-hybridized carbons (Fsp3) is 0.500. The second kappa shape index (κ2) is 5.13. The quantitative estimate of drug-likeness (QED) is 0.758. The number of aliphatic hydroxyl groups excluding tert-OH is 1. The maximum absolute atomic E-state index is 9.66. The van der Waals surface area contributed by atoms with Crippen LogP contribution in [-0.4, -0.2) is 24.8 Å². The molecule has 0 aliphatic rings. The molecule has 0 spiro atoms. The first-order valence-corrected chi connectivity index (χ1v) is 5.03. The molecule has 1 atom stereocenters. The van der Waals surface area contributed by atoms with Gasteiger partial charge in [-0.15, -0.1) is 0 Å². The number of aryl methyl sites for hydroxylation is 1. The number of hydrogen-bond acceptors (Lipinski definition) is 2. The Hall–Kier alpha value is -0.860. The Labute approximate surface area is 86.0 Å². The van der Waals surface area contributed by atoms with E-state index in [0.29, 0.717) is 6.54 Å². The first-order chi connectivity index (χ1) is 6.65. The monoisotopic (exact) mass is 193 g/mol. The number of hydrogen-bond donors (Lipinski definition) is 2. The molecule has 2 nitrogen and oxygen atoms in total. The van der Waals surface area contributed by atoms with Crippen molar-refractivity contribution in [3.63, 3.8) is 0 Å². The molecule has 78 valence electrons. The normalized spacial score (nSPS) is 12.9. The highest BCUT2D eigenvalue weighted by Gasteiger charge is 2.07. The molecule has 0 radical (unpaired) electrons. The van der Waals surface area contributed by atoms with E-state index < -0.39 is 0 Å². The Kier molecular flexibility index (Phi) is 4.11. The first-order valence-electron chi connectivity index (χ1n) is 5.03. The SMILES string of the molecule is CNCC(O)Cc1cccc(C)c1C. The summed E-state index contributed by atoms with van der Waals surface area (Å²) in [5.74, 6) is 0. The van der Waals surface area contributed by atoms with Gasteiger partial charge in [-0.05, 0) is 44.0 Å². The van der Waals surface area contributed by atoms with Gasteiger partial charge in [0.15, 0.2) is 0 Å². The van der Waals surface area contributed by atoms with E-state index in [9.17, 15) is 5.11 Å². The smallest absolute Gasteiger partial charge is 0.0704 e. The molecule has 0 amide bonds. The topological polar surface area (TPSA) is 32.3 Å². The minimum atomic E-state index is -0.291. The third-order valence-electron chi connectivity index (χ3n) is 2.61. The van der Waals surface area contributed by atoms with E-state index >= 15 is 0 Å². The maximum atomic E-state index is 9.66. The Morgan fingerprint density at radius 3 is 2.71 bits per heavy atom. The number of rotatable bonds is 4. The summed E-state index contributed by atoms with van der Waals surface area (Å²) in [6.45, 7) is 4.85. The molecule has 0 bridgehead atoms. The summed E-state index contributed by atoms with van der Waals surface area (Å²) in [5.41, 5.74) is 3.83. The Morgan fingerprint density at radius 1 is 1.36 bits per heavy atom. The third kappa shape index (κ3) is 2.82. The molecule has 1 aromatic rings. The molecular formula is C12H19NO. The lowest BCUT2D eigenvalue weighted by atomic mass is 9.99. The third-order valence-corrected chi connectivity index (χ3v) is 2.61. The number of nitrogens with one attached hydrogen (secondary N) is 1. The van der Waals surface area contributed by atoms with Gasteiger partial charge in [0.1, 0.15) is 0 Å². The zero-order valence-corrected chi connectivity index (χ0v) is 9.17. The highest BCUT2D eigenvalue weighted by molar-refractivity contribution is 5.33. The van der Waals surface area contributed by atoms with Crippen molar-refractivity contribution in [1.29, 1.82) is 0 Å². The van der Waals surface area contributed by atoms with Crippen molar-refractivity contribution in [2.75, 3.05) is 13.6 Å². The van der Waals surface area contributed by atoms with E-state index in [0.717, 1.165) is 6.42 Å². The first kappa shape index (κ1) is 11.2. The largest absolute Gasteiger partial charge is 0.391 e. The molecular weight excluding hydrogens is 174 g/mol. The zero-order chi connectivity index (χ0) is 10.6. The molecule has 0 fully saturated rings. The summed E-state index contributed by atoms with van der Waals surface area (Å²) >= 11 is 0. The van der Waals surface area contributed by atoms with Crippen molar-refractivity contribution in [2.24, 2.45) is 0 Å². The van der Waals surface area contributed by atoms with E-state index in [1.54, 1.807) is 0 Å². The predicted molar refractivity (Wildman–Crippen MR) is 59.6 cm³/mol.